The molecule has 0 spiro atoms. The van der Waals surface area contributed by atoms with Gasteiger partial charge in [0.25, 0.3) is 5.91 Å². The second-order valence-electron chi connectivity index (χ2n) is 6.92. The van der Waals surface area contributed by atoms with Crippen molar-refractivity contribution in [3.05, 3.63) is 87.8 Å². The van der Waals surface area contributed by atoms with Crippen molar-refractivity contribution < 1.29 is 14.3 Å². The first-order chi connectivity index (χ1) is 14.7. The molecule has 0 saturated heterocycles. The molecule has 1 aliphatic rings. The standard InChI is InChI=1S/C23H21N3O3S/c24-13-19-18-11-12-26(23(28)29-15-16-7-3-1-4-8-16)14-20(18)30-22(19)25-21(27)17-9-5-2-6-10-17/h1-10,13,24H,11-12,14-15H2,(H,25,27). The van der Waals surface area contributed by atoms with Gasteiger partial charge in [-0.05, 0) is 29.7 Å². The van der Waals surface area contributed by atoms with E-state index in [1.54, 1.807) is 17.0 Å². The molecule has 0 saturated carbocycles. The maximum absolute atomic E-state index is 12.5. The van der Waals surface area contributed by atoms with Gasteiger partial charge in [-0.25, -0.2) is 4.79 Å². The Kier molecular flexibility index (Phi) is 5.90. The molecule has 1 aromatic heterocycles. The minimum absolute atomic E-state index is 0.212. The molecule has 3 aromatic rings. The van der Waals surface area contributed by atoms with E-state index in [0.29, 0.717) is 30.1 Å². The molecule has 152 valence electrons. The van der Waals surface area contributed by atoms with Crippen molar-refractivity contribution in [1.29, 1.82) is 5.41 Å². The van der Waals surface area contributed by atoms with Crippen molar-refractivity contribution in [1.82, 2.24) is 4.90 Å². The van der Waals surface area contributed by atoms with Gasteiger partial charge in [0.1, 0.15) is 11.6 Å². The van der Waals surface area contributed by atoms with Gasteiger partial charge < -0.3 is 20.4 Å². The van der Waals surface area contributed by atoms with E-state index in [-0.39, 0.29) is 18.6 Å². The lowest BCUT2D eigenvalue weighted by atomic mass is 10.0. The quantitative estimate of drug-likeness (QED) is 0.589. The number of amides is 2. The van der Waals surface area contributed by atoms with Gasteiger partial charge in [-0.1, -0.05) is 48.5 Å². The zero-order chi connectivity index (χ0) is 20.9. The number of carbonyl (C=O) groups is 2. The third-order valence-electron chi connectivity index (χ3n) is 4.97. The fourth-order valence-corrected chi connectivity index (χ4v) is 4.64. The third-order valence-corrected chi connectivity index (χ3v) is 6.12. The van der Waals surface area contributed by atoms with Crippen molar-refractivity contribution in [2.75, 3.05) is 11.9 Å². The van der Waals surface area contributed by atoms with E-state index in [1.807, 2.05) is 48.5 Å². The van der Waals surface area contributed by atoms with E-state index in [0.717, 1.165) is 21.6 Å². The zero-order valence-electron chi connectivity index (χ0n) is 16.3. The highest BCUT2D eigenvalue weighted by atomic mass is 32.1. The number of fused-ring (bicyclic) bond motifs is 1. The number of carbonyl (C=O) groups excluding carboxylic acids is 2. The fraction of sp³-hybridized carbons (Fsp3) is 0.174. The molecule has 0 atom stereocenters. The lowest BCUT2D eigenvalue weighted by molar-refractivity contribution is 0.0923. The predicted octanol–water partition coefficient (Wildman–Crippen LogP) is 4.69. The highest BCUT2D eigenvalue weighted by Crippen LogP contribution is 2.36. The molecular weight excluding hydrogens is 398 g/mol. The van der Waals surface area contributed by atoms with Crippen LogP contribution >= 0.6 is 11.3 Å². The second-order valence-corrected chi connectivity index (χ2v) is 8.03. The van der Waals surface area contributed by atoms with Crippen LogP contribution in [-0.4, -0.2) is 29.7 Å². The Bertz CT molecular complexity index is 1060. The lowest BCUT2D eigenvalue weighted by Gasteiger charge is -2.26. The minimum Gasteiger partial charge on any atom is -0.445 e. The summed E-state index contributed by atoms with van der Waals surface area (Å²) < 4.78 is 5.45. The summed E-state index contributed by atoms with van der Waals surface area (Å²) in [6.45, 7) is 1.16. The van der Waals surface area contributed by atoms with E-state index >= 15 is 0 Å². The number of thiophene rings is 1. The molecule has 0 aliphatic carbocycles. The molecule has 0 bridgehead atoms. The van der Waals surface area contributed by atoms with Crippen molar-refractivity contribution >= 4 is 34.6 Å². The Morgan fingerprint density at radius 3 is 2.50 bits per heavy atom. The van der Waals surface area contributed by atoms with E-state index in [4.69, 9.17) is 10.1 Å². The molecule has 30 heavy (non-hydrogen) atoms. The molecule has 6 nitrogen and oxygen atoms in total. The van der Waals surface area contributed by atoms with Crippen LogP contribution in [0.5, 0.6) is 0 Å². The maximum Gasteiger partial charge on any atom is 0.410 e. The molecule has 4 rings (SSSR count). The molecule has 0 unspecified atom stereocenters. The smallest absolute Gasteiger partial charge is 0.410 e. The van der Waals surface area contributed by atoms with Gasteiger partial charge in [0.05, 0.1) is 6.54 Å². The molecule has 2 aromatic carbocycles. The average Bonchev–Trinajstić information content (AvgIpc) is 3.14. The van der Waals surface area contributed by atoms with Gasteiger partial charge in [0.2, 0.25) is 0 Å². The summed E-state index contributed by atoms with van der Waals surface area (Å²) in [5, 5.41) is 11.4. The van der Waals surface area contributed by atoms with Crippen LogP contribution in [0.25, 0.3) is 0 Å². The van der Waals surface area contributed by atoms with Crippen molar-refractivity contribution in [3.8, 4) is 0 Å². The summed E-state index contributed by atoms with van der Waals surface area (Å²) in [6, 6.07) is 18.5. The summed E-state index contributed by atoms with van der Waals surface area (Å²) >= 11 is 1.41. The van der Waals surface area contributed by atoms with Crippen LogP contribution in [-0.2, 0) is 24.3 Å². The van der Waals surface area contributed by atoms with Crippen LogP contribution in [0.3, 0.4) is 0 Å². The predicted molar refractivity (Wildman–Crippen MR) is 117 cm³/mol. The van der Waals surface area contributed by atoms with Gasteiger partial charge >= 0.3 is 6.09 Å². The highest BCUT2D eigenvalue weighted by molar-refractivity contribution is 7.17. The Labute approximate surface area is 178 Å². The molecule has 2 heterocycles. The monoisotopic (exact) mass is 419 g/mol. The van der Waals surface area contributed by atoms with Crippen LogP contribution in [0, 0.1) is 5.41 Å². The van der Waals surface area contributed by atoms with E-state index in [9.17, 15) is 9.59 Å². The van der Waals surface area contributed by atoms with Crippen molar-refractivity contribution in [2.24, 2.45) is 0 Å². The SMILES string of the molecule is N=Cc1c(NC(=O)c2ccccc2)sc2c1CCN(C(=O)OCc1ccccc1)C2. The Morgan fingerprint density at radius 1 is 1.10 bits per heavy atom. The first-order valence-electron chi connectivity index (χ1n) is 9.62. The molecule has 1 aliphatic heterocycles. The van der Waals surface area contributed by atoms with Crippen LogP contribution < -0.4 is 5.32 Å². The minimum atomic E-state index is -0.357. The molecule has 0 radical (unpaired) electrons. The van der Waals surface area contributed by atoms with Crippen LogP contribution in [0.15, 0.2) is 60.7 Å². The van der Waals surface area contributed by atoms with Gasteiger partial charge in [-0.3, -0.25) is 4.79 Å². The summed E-state index contributed by atoms with van der Waals surface area (Å²) in [5.74, 6) is -0.212. The number of nitrogens with zero attached hydrogens (tertiary/aromatic N) is 1. The number of rotatable bonds is 5. The van der Waals surface area contributed by atoms with Crippen molar-refractivity contribution in [2.45, 2.75) is 19.6 Å². The van der Waals surface area contributed by atoms with Gasteiger partial charge in [0, 0.05) is 28.8 Å². The highest BCUT2D eigenvalue weighted by Gasteiger charge is 2.27. The third kappa shape index (κ3) is 4.26. The summed E-state index contributed by atoms with van der Waals surface area (Å²) in [6.07, 6.45) is 1.54. The lowest BCUT2D eigenvalue weighted by Crippen LogP contribution is -2.35. The number of hydrogen-bond acceptors (Lipinski definition) is 5. The second kappa shape index (κ2) is 8.92. The molecule has 2 N–H and O–H groups in total. The van der Waals surface area contributed by atoms with E-state index in [1.165, 1.54) is 17.6 Å². The van der Waals surface area contributed by atoms with Crippen LogP contribution in [0.2, 0.25) is 0 Å². The van der Waals surface area contributed by atoms with Crippen LogP contribution in [0.4, 0.5) is 9.80 Å². The largest absolute Gasteiger partial charge is 0.445 e. The molecule has 7 heteroatoms. The topological polar surface area (TPSA) is 82.5 Å². The number of anilines is 1. The van der Waals surface area contributed by atoms with Crippen molar-refractivity contribution in [3.63, 3.8) is 0 Å². The Hall–Kier alpha value is -3.45. The maximum atomic E-state index is 12.5. The first kappa shape index (κ1) is 19.8. The normalized spacial score (nSPS) is 12.7. The van der Waals surface area contributed by atoms with Gasteiger partial charge in [-0.15, -0.1) is 11.3 Å². The average molecular weight is 420 g/mol. The van der Waals surface area contributed by atoms with E-state index in [2.05, 4.69) is 5.32 Å². The molecule has 0 fully saturated rings. The van der Waals surface area contributed by atoms with Gasteiger partial charge in [0.15, 0.2) is 0 Å². The fourth-order valence-electron chi connectivity index (χ4n) is 3.40. The summed E-state index contributed by atoms with van der Waals surface area (Å²) in [4.78, 5) is 27.7. The van der Waals surface area contributed by atoms with E-state index < -0.39 is 0 Å². The molecular formula is C23H21N3O3S. The molecule has 2 amide bonds. The summed E-state index contributed by atoms with van der Waals surface area (Å²) in [5.41, 5.74) is 3.24. The Morgan fingerprint density at radius 2 is 1.80 bits per heavy atom. The number of ether oxygens (including phenoxy) is 1. The zero-order valence-corrected chi connectivity index (χ0v) is 17.1. The number of benzene rings is 2. The first-order valence-corrected chi connectivity index (χ1v) is 10.4. The Balaban J connectivity index is 1.45. The van der Waals surface area contributed by atoms with Gasteiger partial charge in [-0.2, -0.15) is 0 Å². The van der Waals surface area contributed by atoms with Crippen LogP contribution in [0.1, 0.15) is 31.9 Å². The number of nitrogens with one attached hydrogen (secondary N) is 2. The number of hydrogen-bond donors (Lipinski definition) is 2. The summed E-state index contributed by atoms with van der Waals surface area (Å²) in [7, 11) is 0.